The first-order valence-corrected chi connectivity index (χ1v) is 7.36. The number of anilines is 1. The van der Waals surface area contributed by atoms with Crippen LogP contribution in [-0.4, -0.2) is 18.6 Å². The lowest BCUT2D eigenvalue weighted by Gasteiger charge is -2.24. The van der Waals surface area contributed by atoms with Crippen LogP contribution in [0.5, 0.6) is 5.75 Å². The van der Waals surface area contributed by atoms with Gasteiger partial charge in [0, 0.05) is 12.6 Å². The summed E-state index contributed by atoms with van der Waals surface area (Å²) < 4.78 is 6.12. The van der Waals surface area contributed by atoms with Gasteiger partial charge in [0.15, 0.2) is 0 Å². The quantitative estimate of drug-likeness (QED) is 0.723. The Labute approximate surface area is 127 Å². The molecular weight excluding hydrogens is 264 g/mol. The van der Waals surface area contributed by atoms with Gasteiger partial charge in [0.1, 0.15) is 11.9 Å². The second-order valence-corrected chi connectivity index (χ2v) is 5.47. The zero-order valence-electron chi connectivity index (χ0n) is 13.2. The van der Waals surface area contributed by atoms with Crippen LogP contribution in [0, 0.1) is 5.92 Å². The Bertz CT molecular complexity index is 484. The maximum Gasteiger partial charge on any atom is 0.221 e. The maximum absolute atomic E-state index is 11.1. The summed E-state index contributed by atoms with van der Waals surface area (Å²) in [6.45, 7) is 10.1. The second kappa shape index (κ2) is 8.47. The summed E-state index contributed by atoms with van der Waals surface area (Å²) >= 11 is 0. The summed E-state index contributed by atoms with van der Waals surface area (Å²) in [6, 6.07) is 5.68. The summed E-state index contributed by atoms with van der Waals surface area (Å²) in [5, 5.41) is 2.78. The number of hydrogen-bond donors (Lipinski definition) is 2. The summed E-state index contributed by atoms with van der Waals surface area (Å²) in [5.74, 6) is 1.13. The van der Waals surface area contributed by atoms with Crippen molar-refractivity contribution in [3.63, 3.8) is 0 Å². The molecule has 0 bridgehead atoms. The molecule has 116 valence electrons. The van der Waals surface area contributed by atoms with E-state index in [1.807, 2.05) is 24.3 Å². The molecule has 1 rings (SSSR count). The fraction of sp³-hybridized carbons (Fsp3) is 0.471. The van der Waals surface area contributed by atoms with Crippen LogP contribution in [-0.2, 0) is 11.2 Å². The molecule has 4 heteroatoms. The van der Waals surface area contributed by atoms with Crippen molar-refractivity contribution in [3.8, 4) is 5.75 Å². The minimum absolute atomic E-state index is 0.0867. The van der Waals surface area contributed by atoms with Crippen LogP contribution in [0.4, 0.5) is 5.69 Å². The van der Waals surface area contributed by atoms with E-state index in [-0.39, 0.29) is 12.0 Å². The standard InChI is InChI=1S/C17H26N2O2/c1-5-6-14-11-15(19-13(4)20)7-8-17(14)21-16(9-10-18)12(2)3/h5,7-8,11-12,16H,1,6,9-10,18H2,2-4H3,(H,19,20). The van der Waals surface area contributed by atoms with Crippen molar-refractivity contribution >= 4 is 11.6 Å². The third-order valence-electron chi connectivity index (χ3n) is 3.22. The van der Waals surface area contributed by atoms with Crippen LogP contribution in [0.2, 0.25) is 0 Å². The Morgan fingerprint density at radius 2 is 2.19 bits per heavy atom. The van der Waals surface area contributed by atoms with Gasteiger partial charge in [-0.1, -0.05) is 19.9 Å². The first-order chi connectivity index (χ1) is 9.97. The molecule has 21 heavy (non-hydrogen) atoms. The minimum Gasteiger partial charge on any atom is -0.490 e. The van der Waals surface area contributed by atoms with E-state index < -0.39 is 0 Å². The van der Waals surface area contributed by atoms with Gasteiger partial charge in [-0.3, -0.25) is 4.79 Å². The zero-order chi connectivity index (χ0) is 15.8. The van der Waals surface area contributed by atoms with E-state index in [4.69, 9.17) is 10.5 Å². The Balaban J connectivity index is 2.98. The smallest absolute Gasteiger partial charge is 0.221 e. The van der Waals surface area contributed by atoms with E-state index in [0.717, 1.165) is 23.4 Å². The molecular formula is C17H26N2O2. The number of amides is 1. The van der Waals surface area contributed by atoms with Crippen molar-refractivity contribution in [1.82, 2.24) is 0 Å². The molecule has 0 aliphatic carbocycles. The Kier molecular flexibility index (Phi) is 6.96. The lowest BCUT2D eigenvalue weighted by atomic mass is 10.0. The first-order valence-electron chi connectivity index (χ1n) is 7.36. The molecule has 0 saturated heterocycles. The number of hydrogen-bond acceptors (Lipinski definition) is 3. The van der Waals surface area contributed by atoms with Crippen LogP contribution in [0.3, 0.4) is 0 Å². The van der Waals surface area contributed by atoms with Crippen molar-refractivity contribution in [3.05, 3.63) is 36.4 Å². The lowest BCUT2D eigenvalue weighted by Crippen LogP contribution is -2.26. The molecule has 4 nitrogen and oxygen atoms in total. The first kappa shape index (κ1) is 17.2. The third-order valence-corrected chi connectivity index (χ3v) is 3.22. The molecule has 0 aliphatic heterocycles. The van der Waals surface area contributed by atoms with Crippen molar-refractivity contribution in [2.24, 2.45) is 11.7 Å². The molecule has 1 atom stereocenters. The fourth-order valence-electron chi connectivity index (χ4n) is 2.15. The Hall–Kier alpha value is -1.81. The number of nitrogens with one attached hydrogen (secondary N) is 1. The predicted molar refractivity (Wildman–Crippen MR) is 87.6 cm³/mol. The molecule has 0 fully saturated rings. The van der Waals surface area contributed by atoms with Gasteiger partial charge < -0.3 is 15.8 Å². The van der Waals surface area contributed by atoms with Crippen LogP contribution < -0.4 is 15.8 Å². The number of allylic oxidation sites excluding steroid dienone is 1. The summed E-state index contributed by atoms with van der Waals surface area (Å²) in [5.41, 5.74) is 7.44. The summed E-state index contributed by atoms with van der Waals surface area (Å²) in [4.78, 5) is 11.1. The highest BCUT2D eigenvalue weighted by Crippen LogP contribution is 2.26. The van der Waals surface area contributed by atoms with E-state index >= 15 is 0 Å². The number of carbonyl (C=O) groups is 1. The van der Waals surface area contributed by atoms with E-state index in [1.54, 1.807) is 0 Å². The van der Waals surface area contributed by atoms with Gasteiger partial charge in [-0.15, -0.1) is 6.58 Å². The largest absolute Gasteiger partial charge is 0.490 e. The molecule has 0 aromatic heterocycles. The van der Waals surface area contributed by atoms with E-state index in [0.29, 0.717) is 18.9 Å². The van der Waals surface area contributed by atoms with Crippen molar-refractivity contribution in [2.45, 2.75) is 39.7 Å². The van der Waals surface area contributed by atoms with Crippen LogP contribution in [0.15, 0.2) is 30.9 Å². The zero-order valence-corrected chi connectivity index (χ0v) is 13.2. The van der Waals surface area contributed by atoms with Gasteiger partial charge in [-0.2, -0.15) is 0 Å². The van der Waals surface area contributed by atoms with Gasteiger partial charge in [-0.25, -0.2) is 0 Å². The van der Waals surface area contributed by atoms with Gasteiger partial charge in [-0.05, 0) is 49.1 Å². The molecule has 0 spiro atoms. The molecule has 0 aliphatic rings. The molecule has 1 aromatic carbocycles. The van der Waals surface area contributed by atoms with E-state index in [1.165, 1.54) is 6.92 Å². The van der Waals surface area contributed by atoms with E-state index in [2.05, 4.69) is 25.7 Å². The number of rotatable bonds is 8. The SMILES string of the molecule is C=CCc1cc(NC(C)=O)ccc1OC(CCN)C(C)C. The average Bonchev–Trinajstić information content (AvgIpc) is 2.40. The van der Waals surface area contributed by atoms with Crippen LogP contribution >= 0.6 is 0 Å². The maximum atomic E-state index is 11.1. The van der Waals surface area contributed by atoms with Crippen molar-refractivity contribution in [1.29, 1.82) is 0 Å². The number of ether oxygens (including phenoxy) is 1. The normalized spacial score (nSPS) is 12.0. The third kappa shape index (κ3) is 5.60. The number of carbonyl (C=O) groups excluding carboxylic acids is 1. The van der Waals surface area contributed by atoms with Gasteiger partial charge in [0.2, 0.25) is 5.91 Å². The average molecular weight is 290 g/mol. The molecule has 0 saturated carbocycles. The van der Waals surface area contributed by atoms with Gasteiger partial charge >= 0.3 is 0 Å². The van der Waals surface area contributed by atoms with Gasteiger partial charge in [0.05, 0.1) is 0 Å². The highest BCUT2D eigenvalue weighted by molar-refractivity contribution is 5.88. The minimum atomic E-state index is -0.0867. The predicted octanol–water partition coefficient (Wildman–Crippen LogP) is 3.13. The van der Waals surface area contributed by atoms with E-state index in [9.17, 15) is 4.79 Å². The molecule has 0 heterocycles. The second-order valence-electron chi connectivity index (χ2n) is 5.47. The summed E-state index contributed by atoms with van der Waals surface area (Å²) in [6.07, 6.45) is 3.42. The van der Waals surface area contributed by atoms with Crippen molar-refractivity contribution < 1.29 is 9.53 Å². The van der Waals surface area contributed by atoms with Crippen molar-refractivity contribution in [2.75, 3.05) is 11.9 Å². The molecule has 1 unspecified atom stereocenters. The Morgan fingerprint density at radius 1 is 1.48 bits per heavy atom. The topological polar surface area (TPSA) is 64.3 Å². The van der Waals surface area contributed by atoms with Crippen LogP contribution in [0.1, 0.15) is 32.8 Å². The monoisotopic (exact) mass is 290 g/mol. The van der Waals surface area contributed by atoms with Gasteiger partial charge in [0.25, 0.3) is 0 Å². The highest BCUT2D eigenvalue weighted by atomic mass is 16.5. The van der Waals surface area contributed by atoms with Crippen LogP contribution in [0.25, 0.3) is 0 Å². The molecule has 1 amide bonds. The highest BCUT2D eigenvalue weighted by Gasteiger charge is 2.16. The Morgan fingerprint density at radius 3 is 2.71 bits per heavy atom. The summed E-state index contributed by atoms with van der Waals surface area (Å²) in [7, 11) is 0. The molecule has 1 aromatic rings. The number of nitrogens with two attached hydrogens (primary N) is 1. The fourth-order valence-corrected chi connectivity index (χ4v) is 2.15. The molecule has 3 N–H and O–H groups in total. The lowest BCUT2D eigenvalue weighted by molar-refractivity contribution is -0.114. The number of benzene rings is 1. The molecule has 0 radical (unpaired) electrons.